The van der Waals surface area contributed by atoms with Crippen LogP contribution in [-0.2, 0) is 16.6 Å². The highest BCUT2D eigenvalue weighted by Gasteiger charge is 2.17. The summed E-state index contributed by atoms with van der Waals surface area (Å²) in [5, 5.41) is 6.15. The van der Waals surface area contributed by atoms with E-state index >= 15 is 0 Å². The number of hydrogen-bond donors (Lipinski definition) is 2. The van der Waals surface area contributed by atoms with Gasteiger partial charge in [-0.15, -0.1) is 0 Å². The summed E-state index contributed by atoms with van der Waals surface area (Å²) in [5.41, 5.74) is 9.89. The Bertz CT molecular complexity index is 992. The molecule has 1 aromatic heterocycles. The summed E-state index contributed by atoms with van der Waals surface area (Å²) in [6, 6.07) is 12.6. The topological polar surface area (TPSA) is 91.1 Å². The molecule has 0 radical (unpaired) electrons. The third-order valence-electron chi connectivity index (χ3n) is 3.84. The number of sulfonamides is 1. The van der Waals surface area contributed by atoms with Gasteiger partial charge in [0.2, 0.25) is 10.0 Å². The second-order valence-electron chi connectivity index (χ2n) is 5.24. The molecule has 1 heterocycles. The highest BCUT2D eigenvalue weighted by Crippen LogP contribution is 2.37. The predicted octanol–water partition coefficient (Wildman–Crippen LogP) is 3.16. The first kappa shape index (κ1) is 16.3. The van der Waals surface area contributed by atoms with Gasteiger partial charge in [0, 0.05) is 21.1 Å². The number of nitrogens with zero attached hydrogens (tertiary/aromatic N) is 1. The standard InChI is InChI=1S/C16H16IN3O2S/c1-2-20-14-8-5-11(17)9-13(14)15(18)16(20)10-3-6-12(7-4-10)23(19,21)22/h3-9H,2,18H2,1H3,(H2,19,21,22). The summed E-state index contributed by atoms with van der Waals surface area (Å²) in [6.45, 7) is 2.82. The molecule has 0 amide bonds. The highest BCUT2D eigenvalue weighted by molar-refractivity contribution is 14.1. The Morgan fingerprint density at radius 2 is 1.78 bits per heavy atom. The number of halogens is 1. The number of anilines is 1. The average molecular weight is 441 g/mol. The summed E-state index contributed by atoms with van der Waals surface area (Å²) in [6.07, 6.45) is 0. The van der Waals surface area contributed by atoms with E-state index in [1.807, 2.05) is 6.07 Å². The van der Waals surface area contributed by atoms with Crippen molar-refractivity contribution in [1.82, 2.24) is 4.57 Å². The molecule has 4 N–H and O–H groups in total. The number of primary sulfonamides is 1. The van der Waals surface area contributed by atoms with E-state index in [1.54, 1.807) is 12.1 Å². The van der Waals surface area contributed by atoms with Gasteiger partial charge in [-0.1, -0.05) is 12.1 Å². The van der Waals surface area contributed by atoms with Crippen LogP contribution in [0.1, 0.15) is 6.92 Å². The van der Waals surface area contributed by atoms with Gasteiger partial charge in [-0.2, -0.15) is 0 Å². The minimum atomic E-state index is -3.70. The highest BCUT2D eigenvalue weighted by atomic mass is 127. The Hall–Kier alpha value is -1.58. The molecule has 0 aliphatic rings. The molecule has 23 heavy (non-hydrogen) atoms. The van der Waals surface area contributed by atoms with Gasteiger partial charge in [0.25, 0.3) is 0 Å². The Balaban J connectivity index is 2.25. The Kier molecular flexibility index (Phi) is 4.11. The van der Waals surface area contributed by atoms with Gasteiger partial charge < -0.3 is 10.3 Å². The van der Waals surface area contributed by atoms with Crippen molar-refractivity contribution in [2.45, 2.75) is 18.4 Å². The number of aromatic nitrogens is 1. The summed E-state index contributed by atoms with van der Waals surface area (Å²) >= 11 is 2.26. The molecule has 2 aromatic carbocycles. The zero-order valence-corrected chi connectivity index (χ0v) is 15.4. The second-order valence-corrected chi connectivity index (χ2v) is 8.04. The van der Waals surface area contributed by atoms with Crippen LogP contribution < -0.4 is 10.9 Å². The number of fused-ring (bicyclic) bond motifs is 1. The molecule has 0 saturated carbocycles. The molecule has 0 unspecified atom stereocenters. The maximum absolute atomic E-state index is 11.4. The van der Waals surface area contributed by atoms with Gasteiger partial charge in [-0.25, -0.2) is 13.6 Å². The largest absolute Gasteiger partial charge is 0.396 e. The monoisotopic (exact) mass is 441 g/mol. The molecule has 0 saturated heterocycles. The zero-order valence-electron chi connectivity index (χ0n) is 12.5. The second kappa shape index (κ2) is 5.81. The van der Waals surface area contributed by atoms with E-state index in [0.717, 1.165) is 32.3 Å². The first-order chi connectivity index (χ1) is 10.8. The maximum atomic E-state index is 11.4. The van der Waals surface area contributed by atoms with E-state index < -0.39 is 10.0 Å². The number of benzene rings is 2. The number of hydrogen-bond acceptors (Lipinski definition) is 3. The van der Waals surface area contributed by atoms with Crippen LogP contribution in [0.25, 0.3) is 22.2 Å². The zero-order chi connectivity index (χ0) is 16.8. The Morgan fingerprint density at radius 1 is 1.13 bits per heavy atom. The molecular weight excluding hydrogens is 425 g/mol. The molecule has 0 aliphatic heterocycles. The van der Waals surface area contributed by atoms with Crippen LogP contribution >= 0.6 is 22.6 Å². The number of rotatable bonds is 3. The molecule has 5 nitrogen and oxygen atoms in total. The fraction of sp³-hybridized carbons (Fsp3) is 0.125. The SMILES string of the molecule is CCn1c(-c2ccc(S(N)(=O)=O)cc2)c(N)c2cc(I)ccc21. The van der Waals surface area contributed by atoms with Crippen LogP contribution in [0.2, 0.25) is 0 Å². The van der Waals surface area contributed by atoms with Crippen LogP contribution in [0.3, 0.4) is 0 Å². The van der Waals surface area contributed by atoms with E-state index in [9.17, 15) is 8.42 Å². The molecule has 0 fully saturated rings. The fourth-order valence-electron chi connectivity index (χ4n) is 2.80. The lowest BCUT2D eigenvalue weighted by Gasteiger charge is -2.09. The first-order valence-electron chi connectivity index (χ1n) is 7.03. The molecule has 7 heteroatoms. The third kappa shape index (κ3) is 2.84. The van der Waals surface area contributed by atoms with Crippen molar-refractivity contribution in [3.05, 3.63) is 46.0 Å². The van der Waals surface area contributed by atoms with Gasteiger partial charge >= 0.3 is 0 Å². The Labute approximate surface area is 148 Å². The maximum Gasteiger partial charge on any atom is 0.238 e. The fourth-order valence-corrected chi connectivity index (χ4v) is 3.80. The van der Waals surface area contributed by atoms with Gasteiger partial charge in [-0.05, 0) is 59.8 Å². The first-order valence-corrected chi connectivity index (χ1v) is 9.66. The van der Waals surface area contributed by atoms with E-state index in [2.05, 4.69) is 46.2 Å². The van der Waals surface area contributed by atoms with Crippen molar-refractivity contribution >= 4 is 49.2 Å². The lowest BCUT2D eigenvalue weighted by molar-refractivity contribution is 0.598. The molecule has 0 bridgehead atoms. The summed E-state index contributed by atoms with van der Waals surface area (Å²) in [4.78, 5) is 0.0912. The summed E-state index contributed by atoms with van der Waals surface area (Å²) in [7, 11) is -3.70. The quantitative estimate of drug-likeness (QED) is 0.612. The summed E-state index contributed by atoms with van der Waals surface area (Å²) < 4.78 is 26.0. The van der Waals surface area contributed by atoms with E-state index in [4.69, 9.17) is 10.9 Å². The number of aryl methyl sites for hydroxylation is 1. The van der Waals surface area contributed by atoms with Crippen molar-refractivity contribution in [2.75, 3.05) is 5.73 Å². The normalized spacial score (nSPS) is 12.0. The van der Waals surface area contributed by atoms with E-state index in [0.29, 0.717) is 5.69 Å². The molecule has 0 aliphatic carbocycles. The van der Waals surface area contributed by atoms with Gasteiger partial charge in [0.15, 0.2) is 0 Å². The van der Waals surface area contributed by atoms with Crippen LogP contribution in [0.15, 0.2) is 47.4 Å². The van der Waals surface area contributed by atoms with Crippen molar-refractivity contribution in [1.29, 1.82) is 0 Å². The van der Waals surface area contributed by atoms with E-state index in [-0.39, 0.29) is 4.90 Å². The molecule has 0 spiro atoms. The molecule has 3 aromatic rings. The van der Waals surface area contributed by atoms with Crippen LogP contribution in [0, 0.1) is 3.57 Å². The van der Waals surface area contributed by atoms with Crippen molar-refractivity contribution in [2.24, 2.45) is 5.14 Å². The van der Waals surface area contributed by atoms with Crippen molar-refractivity contribution in [3.8, 4) is 11.3 Å². The lowest BCUT2D eigenvalue weighted by atomic mass is 10.1. The molecule has 3 rings (SSSR count). The van der Waals surface area contributed by atoms with Gasteiger partial charge in [-0.3, -0.25) is 0 Å². The van der Waals surface area contributed by atoms with Crippen LogP contribution in [0.5, 0.6) is 0 Å². The molecular formula is C16H16IN3O2S. The van der Waals surface area contributed by atoms with Crippen LogP contribution in [-0.4, -0.2) is 13.0 Å². The number of nitrogens with two attached hydrogens (primary N) is 2. The third-order valence-corrected chi connectivity index (χ3v) is 5.44. The Morgan fingerprint density at radius 3 is 2.35 bits per heavy atom. The smallest absolute Gasteiger partial charge is 0.238 e. The van der Waals surface area contributed by atoms with Gasteiger partial charge in [0.05, 0.1) is 21.8 Å². The van der Waals surface area contributed by atoms with Crippen LogP contribution in [0.4, 0.5) is 5.69 Å². The van der Waals surface area contributed by atoms with Crippen molar-refractivity contribution in [3.63, 3.8) is 0 Å². The average Bonchev–Trinajstić information content (AvgIpc) is 2.78. The minimum absolute atomic E-state index is 0.0912. The lowest BCUT2D eigenvalue weighted by Crippen LogP contribution is -2.11. The molecule has 120 valence electrons. The van der Waals surface area contributed by atoms with Crippen molar-refractivity contribution < 1.29 is 8.42 Å². The molecule has 0 atom stereocenters. The van der Waals surface area contributed by atoms with E-state index in [1.165, 1.54) is 12.1 Å². The summed E-state index contributed by atoms with van der Waals surface area (Å²) in [5.74, 6) is 0. The predicted molar refractivity (Wildman–Crippen MR) is 102 cm³/mol. The number of nitrogen functional groups attached to an aromatic ring is 1. The van der Waals surface area contributed by atoms with Gasteiger partial charge in [0.1, 0.15) is 0 Å². The minimum Gasteiger partial charge on any atom is -0.396 e.